The van der Waals surface area contributed by atoms with Crippen molar-refractivity contribution in [3.63, 3.8) is 0 Å². The first-order valence-corrected chi connectivity index (χ1v) is 8.34. The van der Waals surface area contributed by atoms with E-state index in [0.717, 1.165) is 0 Å². The lowest BCUT2D eigenvalue weighted by Crippen LogP contribution is -2.22. The second-order valence-electron chi connectivity index (χ2n) is 6.45. The van der Waals surface area contributed by atoms with Gasteiger partial charge < -0.3 is 4.98 Å². The molecule has 0 unspecified atom stereocenters. The summed E-state index contributed by atoms with van der Waals surface area (Å²) < 4.78 is 16.0. The van der Waals surface area contributed by atoms with Crippen molar-refractivity contribution in [1.82, 2.24) is 24.4 Å². The number of hydrogen-bond donors (Lipinski definition) is 1. The second kappa shape index (κ2) is 6.21. The molecule has 4 rings (SSSR count). The first kappa shape index (κ1) is 16.7. The summed E-state index contributed by atoms with van der Waals surface area (Å²) in [5.74, 6) is -0.398. The van der Waals surface area contributed by atoms with E-state index in [1.54, 1.807) is 29.2 Å². The van der Waals surface area contributed by atoms with Crippen LogP contribution < -0.4 is 5.56 Å². The molecule has 4 aromatic rings. The van der Waals surface area contributed by atoms with Crippen LogP contribution in [0.2, 0.25) is 0 Å². The van der Waals surface area contributed by atoms with Crippen LogP contribution in [-0.2, 0) is 0 Å². The highest BCUT2D eigenvalue weighted by molar-refractivity contribution is 5.67. The van der Waals surface area contributed by atoms with E-state index in [0.29, 0.717) is 28.2 Å². The Morgan fingerprint density at radius 1 is 1.19 bits per heavy atom. The van der Waals surface area contributed by atoms with Gasteiger partial charge in [0.1, 0.15) is 17.4 Å². The minimum Gasteiger partial charge on any atom is -0.338 e. The van der Waals surface area contributed by atoms with Crippen molar-refractivity contribution in [2.24, 2.45) is 0 Å². The zero-order valence-corrected chi connectivity index (χ0v) is 14.6. The number of halogens is 1. The molecule has 0 aliphatic heterocycles. The van der Waals surface area contributed by atoms with Gasteiger partial charge in [-0.25, -0.2) is 9.07 Å². The van der Waals surface area contributed by atoms with Gasteiger partial charge in [0.25, 0.3) is 5.56 Å². The molecule has 0 aliphatic rings. The monoisotopic (exact) mass is 362 g/mol. The van der Waals surface area contributed by atoms with Crippen molar-refractivity contribution in [2.75, 3.05) is 0 Å². The van der Waals surface area contributed by atoms with E-state index in [1.807, 2.05) is 19.9 Å². The summed E-state index contributed by atoms with van der Waals surface area (Å²) in [5, 5.41) is 17.6. The maximum absolute atomic E-state index is 13.1. The Morgan fingerprint density at radius 2 is 1.93 bits per heavy atom. The minimum absolute atomic E-state index is 0.0722. The van der Waals surface area contributed by atoms with Gasteiger partial charge in [0.2, 0.25) is 0 Å². The van der Waals surface area contributed by atoms with E-state index in [1.165, 1.54) is 22.8 Å². The lowest BCUT2D eigenvalue weighted by Gasteiger charge is -2.11. The van der Waals surface area contributed by atoms with Crippen LogP contribution >= 0.6 is 0 Å². The molecule has 27 heavy (non-hydrogen) atoms. The van der Waals surface area contributed by atoms with Gasteiger partial charge in [-0.2, -0.15) is 20.0 Å². The summed E-state index contributed by atoms with van der Waals surface area (Å²) in [6.45, 7) is 3.83. The van der Waals surface area contributed by atoms with Crippen molar-refractivity contribution >= 4 is 5.65 Å². The maximum atomic E-state index is 13.1. The van der Waals surface area contributed by atoms with E-state index < -0.39 is 0 Å². The van der Waals surface area contributed by atoms with E-state index in [-0.39, 0.29) is 22.9 Å². The van der Waals surface area contributed by atoms with Gasteiger partial charge in [0.05, 0.1) is 23.8 Å². The Hall–Kier alpha value is -3.73. The number of nitrogens with one attached hydrogen (secondary N) is 1. The summed E-state index contributed by atoms with van der Waals surface area (Å²) in [6.07, 6.45) is 4.74. The van der Waals surface area contributed by atoms with Crippen LogP contribution in [0.25, 0.3) is 22.6 Å². The van der Waals surface area contributed by atoms with Gasteiger partial charge in [-0.15, -0.1) is 0 Å². The highest BCUT2D eigenvalue weighted by Gasteiger charge is 2.20. The number of benzene rings is 1. The third kappa shape index (κ3) is 2.69. The molecular formula is C19H15FN6O. The fraction of sp³-hybridized carbons (Fsp3) is 0.158. The molecule has 3 heterocycles. The molecule has 3 aromatic heterocycles. The Kier molecular flexibility index (Phi) is 3.85. The summed E-state index contributed by atoms with van der Waals surface area (Å²) in [5.41, 5.74) is 2.88. The number of aromatic nitrogens is 5. The first-order valence-electron chi connectivity index (χ1n) is 8.34. The van der Waals surface area contributed by atoms with Crippen LogP contribution in [0.3, 0.4) is 0 Å². The Morgan fingerprint density at radius 3 is 2.59 bits per heavy atom. The molecule has 0 radical (unpaired) electrons. The van der Waals surface area contributed by atoms with Crippen LogP contribution in [0.15, 0.2) is 47.7 Å². The van der Waals surface area contributed by atoms with Crippen LogP contribution in [0.5, 0.6) is 0 Å². The van der Waals surface area contributed by atoms with Crippen molar-refractivity contribution in [3.8, 4) is 23.0 Å². The zero-order chi connectivity index (χ0) is 19.1. The number of aromatic amines is 1. The maximum Gasteiger partial charge on any atom is 0.278 e. The van der Waals surface area contributed by atoms with Crippen molar-refractivity contribution < 1.29 is 4.39 Å². The zero-order valence-electron chi connectivity index (χ0n) is 14.6. The number of nitrogens with zero attached hydrogens (tertiary/aromatic N) is 5. The van der Waals surface area contributed by atoms with Crippen molar-refractivity contribution in [3.05, 3.63) is 70.2 Å². The van der Waals surface area contributed by atoms with Gasteiger partial charge >= 0.3 is 0 Å². The van der Waals surface area contributed by atoms with Gasteiger partial charge in [-0.1, -0.05) is 13.8 Å². The molecule has 134 valence electrons. The number of rotatable bonds is 3. The lowest BCUT2D eigenvalue weighted by atomic mass is 10.00. The van der Waals surface area contributed by atoms with Crippen LogP contribution in [0.4, 0.5) is 4.39 Å². The molecule has 0 saturated heterocycles. The third-order valence-electron chi connectivity index (χ3n) is 4.36. The molecule has 0 saturated carbocycles. The summed E-state index contributed by atoms with van der Waals surface area (Å²) >= 11 is 0. The predicted molar refractivity (Wildman–Crippen MR) is 97.1 cm³/mol. The lowest BCUT2D eigenvalue weighted by molar-refractivity contribution is 0.627. The number of nitriles is 1. The Labute approximate surface area is 153 Å². The number of hydrogen-bond acceptors (Lipinski definition) is 4. The van der Waals surface area contributed by atoms with Gasteiger partial charge in [0.15, 0.2) is 5.65 Å². The Bertz CT molecular complexity index is 1240. The summed E-state index contributed by atoms with van der Waals surface area (Å²) in [7, 11) is 0. The SMILES string of the molecule is CC(C)c1c(-c2cnn(-c3ccc(F)cc3)c2)[nH]c2c(C#N)cnn2c1=O. The fourth-order valence-corrected chi connectivity index (χ4v) is 3.06. The largest absolute Gasteiger partial charge is 0.338 e. The summed E-state index contributed by atoms with van der Waals surface area (Å²) in [4.78, 5) is 16.1. The molecule has 0 fully saturated rings. The average molecular weight is 362 g/mol. The second-order valence-corrected chi connectivity index (χ2v) is 6.45. The molecule has 7 nitrogen and oxygen atoms in total. The molecule has 0 aliphatic carbocycles. The molecule has 0 bridgehead atoms. The topological polar surface area (TPSA) is 91.8 Å². The molecule has 0 amide bonds. The van der Waals surface area contributed by atoms with Crippen LogP contribution in [0.1, 0.15) is 30.9 Å². The molecule has 0 atom stereocenters. The van der Waals surface area contributed by atoms with E-state index in [2.05, 4.69) is 15.2 Å². The predicted octanol–water partition coefficient (Wildman–Crippen LogP) is 3.01. The van der Waals surface area contributed by atoms with E-state index in [9.17, 15) is 14.4 Å². The van der Waals surface area contributed by atoms with Crippen LogP contribution in [-0.4, -0.2) is 24.4 Å². The molecule has 0 spiro atoms. The normalized spacial score (nSPS) is 11.2. The number of fused-ring (bicyclic) bond motifs is 1. The summed E-state index contributed by atoms with van der Waals surface area (Å²) in [6, 6.07) is 7.98. The van der Waals surface area contributed by atoms with Gasteiger partial charge in [0, 0.05) is 17.3 Å². The van der Waals surface area contributed by atoms with E-state index >= 15 is 0 Å². The van der Waals surface area contributed by atoms with Crippen molar-refractivity contribution in [2.45, 2.75) is 19.8 Å². The van der Waals surface area contributed by atoms with Gasteiger partial charge in [-0.05, 0) is 30.2 Å². The fourth-order valence-electron chi connectivity index (χ4n) is 3.06. The number of H-pyrrole nitrogens is 1. The minimum atomic E-state index is -0.326. The first-order chi connectivity index (χ1) is 13.0. The molecular weight excluding hydrogens is 347 g/mol. The van der Waals surface area contributed by atoms with E-state index in [4.69, 9.17) is 0 Å². The molecule has 1 N–H and O–H groups in total. The van der Waals surface area contributed by atoms with Gasteiger partial charge in [-0.3, -0.25) is 4.79 Å². The standard InChI is InChI=1S/C19H15FN6O/c1-11(2)16-17(24-18-12(7-21)8-23-26(18)19(16)27)13-9-22-25(10-13)15-5-3-14(20)4-6-15/h3-6,8-11,24H,1-2H3. The van der Waals surface area contributed by atoms with Crippen LogP contribution in [0, 0.1) is 17.1 Å². The van der Waals surface area contributed by atoms with Crippen molar-refractivity contribution in [1.29, 1.82) is 5.26 Å². The Balaban J connectivity index is 1.93. The quantitative estimate of drug-likeness (QED) is 0.606. The highest BCUT2D eigenvalue weighted by atomic mass is 19.1. The smallest absolute Gasteiger partial charge is 0.278 e. The third-order valence-corrected chi connectivity index (χ3v) is 4.36. The average Bonchev–Trinajstić information content (AvgIpc) is 3.28. The molecule has 1 aromatic carbocycles. The molecule has 8 heteroatoms. The highest BCUT2D eigenvalue weighted by Crippen LogP contribution is 2.26.